The van der Waals surface area contributed by atoms with Crippen molar-refractivity contribution >= 4 is 75.2 Å². The zero-order chi connectivity index (χ0) is 43.7. The van der Waals surface area contributed by atoms with E-state index in [1.54, 1.807) is 29.0 Å². The molecule has 8 rings (SSSR count). The number of piperidine rings is 2. The van der Waals surface area contributed by atoms with Crippen LogP contribution in [-0.2, 0) is 20.9 Å². The molecule has 4 aliphatic rings. The fraction of sp³-hybridized carbons (Fsp3) is 0.442. The number of likely N-dealkylation sites (N-methyl/N-ethyl adjacent to an activating group) is 2. The summed E-state index contributed by atoms with van der Waals surface area (Å²) in [6, 6.07) is 11.6. The zero-order valence-electron chi connectivity index (χ0n) is 35.0. The third-order valence-corrected chi connectivity index (χ3v) is 12.3. The second-order valence-electron chi connectivity index (χ2n) is 16.4. The van der Waals surface area contributed by atoms with E-state index >= 15 is 0 Å². The minimum Gasteiger partial charge on any atom is -0.478 e. The van der Waals surface area contributed by atoms with Crippen LogP contribution in [0.15, 0.2) is 53.5 Å². The van der Waals surface area contributed by atoms with Crippen LogP contribution >= 0.6 is 11.6 Å². The minimum atomic E-state index is -0.999. The van der Waals surface area contributed by atoms with Crippen LogP contribution in [0.3, 0.4) is 0 Å². The lowest BCUT2D eigenvalue weighted by molar-refractivity contribution is -0.136. The van der Waals surface area contributed by atoms with E-state index in [1.807, 2.05) is 43.3 Å². The first kappa shape index (κ1) is 42.6. The quantitative estimate of drug-likeness (QED) is 0.166. The Balaban J connectivity index is 0.874. The molecule has 6 heterocycles. The lowest BCUT2D eigenvalue weighted by Gasteiger charge is -2.39. The molecule has 2 aromatic heterocycles. The maximum absolute atomic E-state index is 13.7. The highest BCUT2D eigenvalue weighted by atomic mass is 35.5. The van der Waals surface area contributed by atoms with E-state index in [-0.39, 0.29) is 36.7 Å². The van der Waals surface area contributed by atoms with Crippen LogP contribution in [-0.4, -0.2) is 145 Å². The van der Waals surface area contributed by atoms with Gasteiger partial charge in [-0.2, -0.15) is 4.98 Å². The Morgan fingerprint density at radius 3 is 2.45 bits per heavy atom. The molecular weight excluding hydrogens is 818 g/mol. The van der Waals surface area contributed by atoms with Gasteiger partial charge in [0.25, 0.3) is 23.3 Å². The van der Waals surface area contributed by atoms with Gasteiger partial charge in [-0.25, -0.2) is 4.98 Å². The van der Waals surface area contributed by atoms with Gasteiger partial charge in [0.1, 0.15) is 11.1 Å². The molecule has 4 aliphatic heterocycles. The van der Waals surface area contributed by atoms with Gasteiger partial charge < -0.3 is 34.6 Å². The molecule has 62 heavy (non-hydrogen) atoms. The summed E-state index contributed by atoms with van der Waals surface area (Å²) in [5, 5.41) is 9.19. The number of ether oxygens (including phenoxy) is 1. The van der Waals surface area contributed by atoms with Gasteiger partial charge in [-0.15, -0.1) is 0 Å². The number of nitrogens with one attached hydrogen (secondary N) is 3. The van der Waals surface area contributed by atoms with E-state index < -0.39 is 29.7 Å². The van der Waals surface area contributed by atoms with E-state index in [1.165, 1.54) is 7.05 Å². The molecule has 2 aromatic carbocycles. The van der Waals surface area contributed by atoms with Crippen LogP contribution in [0.5, 0.6) is 5.75 Å². The van der Waals surface area contributed by atoms with Crippen LogP contribution in [0, 0.1) is 5.92 Å². The standard InChI is InChI=1S/C43H50ClN11O7/c1-45-36(57)25-62-34-22-27-21-28(7-8-31(27)54(41(34)60)20-15-50(2)3)47-38-30(44)23-46-43(49-38)53-18-16-51(17-19-53)24-26-11-13-52(14-12-26)32-6-4-5-29-37(32)42(61)55(40(29)59)33-9-10-35(56)48-39(33)58/h4-8,21-23,26,33H,9-20,24-25H2,1-3H3,(H,45,57)(H,46,47,49)(H,48,56,58). The van der Waals surface area contributed by atoms with Crippen molar-refractivity contribution in [2.45, 2.75) is 38.3 Å². The van der Waals surface area contributed by atoms with Gasteiger partial charge in [-0.1, -0.05) is 17.7 Å². The predicted octanol–water partition coefficient (Wildman–Crippen LogP) is 2.31. The molecule has 0 aliphatic carbocycles. The number of aromatic nitrogens is 3. The number of amides is 5. The average Bonchev–Trinajstić information content (AvgIpc) is 3.52. The number of benzene rings is 2. The topological polar surface area (TPSA) is 195 Å². The van der Waals surface area contributed by atoms with Crippen molar-refractivity contribution in [2.75, 3.05) is 95.2 Å². The number of piperazine rings is 1. The molecule has 19 heteroatoms. The van der Waals surface area contributed by atoms with Gasteiger partial charge in [0, 0.05) is 83.4 Å². The third-order valence-electron chi connectivity index (χ3n) is 12.0. The summed E-state index contributed by atoms with van der Waals surface area (Å²) in [6.45, 7) is 6.30. The molecule has 326 valence electrons. The average molecular weight is 868 g/mol. The van der Waals surface area contributed by atoms with Gasteiger partial charge in [0.2, 0.25) is 17.8 Å². The number of carbonyl (C=O) groups excluding carboxylic acids is 5. The minimum absolute atomic E-state index is 0.0767. The Morgan fingerprint density at radius 2 is 1.73 bits per heavy atom. The van der Waals surface area contributed by atoms with Crippen molar-refractivity contribution < 1.29 is 28.7 Å². The maximum atomic E-state index is 13.7. The normalized spacial score (nSPS) is 18.7. The number of rotatable bonds is 13. The van der Waals surface area contributed by atoms with Crippen LogP contribution in [0.4, 0.5) is 23.1 Å². The highest BCUT2D eigenvalue weighted by molar-refractivity contribution is 6.33. The van der Waals surface area contributed by atoms with Crippen molar-refractivity contribution in [3.05, 3.63) is 75.2 Å². The van der Waals surface area contributed by atoms with E-state index in [9.17, 15) is 28.8 Å². The zero-order valence-corrected chi connectivity index (χ0v) is 35.7. The van der Waals surface area contributed by atoms with Crippen LogP contribution in [0.1, 0.15) is 46.4 Å². The van der Waals surface area contributed by atoms with Gasteiger partial charge in [-0.05, 0) is 75.7 Å². The molecule has 0 bridgehead atoms. The molecule has 18 nitrogen and oxygen atoms in total. The lowest BCUT2D eigenvalue weighted by Crippen LogP contribution is -2.54. The van der Waals surface area contributed by atoms with Gasteiger partial charge in [-0.3, -0.25) is 43.9 Å². The molecule has 0 spiro atoms. The van der Waals surface area contributed by atoms with Crippen LogP contribution in [0.25, 0.3) is 10.9 Å². The van der Waals surface area contributed by atoms with Crippen molar-refractivity contribution in [1.82, 2.24) is 39.9 Å². The van der Waals surface area contributed by atoms with E-state index in [0.717, 1.165) is 74.5 Å². The number of imide groups is 2. The first-order valence-electron chi connectivity index (χ1n) is 20.9. The number of halogens is 1. The van der Waals surface area contributed by atoms with Crippen molar-refractivity contribution in [1.29, 1.82) is 0 Å². The Morgan fingerprint density at radius 1 is 0.952 bits per heavy atom. The number of anilines is 4. The summed E-state index contributed by atoms with van der Waals surface area (Å²) in [6.07, 6.45) is 3.63. The first-order chi connectivity index (χ1) is 29.9. The molecule has 0 radical (unpaired) electrons. The molecule has 4 aromatic rings. The molecule has 5 amide bonds. The number of hydrogen-bond acceptors (Lipinski definition) is 14. The van der Waals surface area contributed by atoms with Gasteiger partial charge in [0.15, 0.2) is 18.2 Å². The number of nitrogens with zero attached hydrogens (tertiary/aromatic N) is 8. The smallest absolute Gasteiger partial charge is 0.293 e. The molecular formula is C43H50ClN11O7. The Kier molecular flexibility index (Phi) is 12.4. The SMILES string of the molecule is CNC(=O)COc1cc2cc(Nc3nc(N4CCN(CC5CCN(c6cccc7c6C(=O)N(C6CCC(=O)NC6=O)C7=O)CC5)CC4)ncc3Cl)ccc2n(CCN(C)C)c1=O. The predicted molar refractivity (Wildman–Crippen MR) is 233 cm³/mol. The summed E-state index contributed by atoms with van der Waals surface area (Å²) in [5.41, 5.74) is 2.44. The highest BCUT2D eigenvalue weighted by Crippen LogP contribution is 2.36. The Bertz CT molecular complexity index is 2480. The molecule has 3 saturated heterocycles. The monoisotopic (exact) mass is 867 g/mol. The summed E-state index contributed by atoms with van der Waals surface area (Å²) >= 11 is 6.62. The summed E-state index contributed by atoms with van der Waals surface area (Å²) in [5.74, 6) is -0.799. The van der Waals surface area contributed by atoms with Gasteiger partial charge in [0.05, 0.1) is 28.5 Å². The highest BCUT2D eigenvalue weighted by Gasteiger charge is 2.46. The number of fused-ring (bicyclic) bond motifs is 2. The van der Waals surface area contributed by atoms with E-state index in [2.05, 4.69) is 35.6 Å². The first-order valence-corrected chi connectivity index (χ1v) is 21.3. The lowest BCUT2D eigenvalue weighted by atomic mass is 9.94. The number of pyridine rings is 1. The summed E-state index contributed by atoms with van der Waals surface area (Å²) in [7, 11) is 5.38. The number of hydrogen-bond donors (Lipinski definition) is 3. The second-order valence-corrected chi connectivity index (χ2v) is 16.8. The summed E-state index contributed by atoms with van der Waals surface area (Å²) in [4.78, 5) is 95.8. The molecule has 0 saturated carbocycles. The number of carbonyl (C=O) groups is 5. The van der Waals surface area contributed by atoms with E-state index in [4.69, 9.17) is 21.3 Å². The Hall–Kier alpha value is -6.11. The molecule has 1 unspecified atom stereocenters. The van der Waals surface area contributed by atoms with Crippen molar-refractivity contribution in [3.63, 3.8) is 0 Å². The fourth-order valence-corrected chi connectivity index (χ4v) is 8.77. The van der Waals surface area contributed by atoms with Crippen molar-refractivity contribution in [2.24, 2.45) is 5.92 Å². The molecule has 3 fully saturated rings. The third kappa shape index (κ3) is 8.80. The van der Waals surface area contributed by atoms with Crippen molar-refractivity contribution in [3.8, 4) is 5.75 Å². The van der Waals surface area contributed by atoms with Gasteiger partial charge >= 0.3 is 0 Å². The maximum Gasteiger partial charge on any atom is 0.293 e. The fourth-order valence-electron chi connectivity index (χ4n) is 8.63. The Labute approximate surface area is 363 Å². The molecule has 1 atom stereocenters. The van der Waals surface area contributed by atoms with E-state index in [0.29, 0.717) is 58.3 Å². The van der Waals surface area contributed by atoms with Crippen LogP contribution < -0.4 is 36.0 Å². The van der Waals surface area contributed by atoms with Crippen LogP contribution in [0.2, 0.25) is 5.02 Å². The second kappa shape index (κ2) is 18.1. The molecule has 3 N–H and O–H groups in total. The largest absolute Gasteiger partial charge is 0.478 e. The summed E-state index contributed by atoms with van der Waals surface area (Å²) < 4.78 is 7.30.